The Morgan fingerprint density at radius 3 is 2.29 bits per heavy atom. The van der Waals surface area contributed by atoms with E-state index in [1.54, 1.807) is 12.1 Å². The summed E-state index contributed by atoms with van der Waals surface area (Å²) >= 11 is 0. The fourth-order valence-electron chi connectivity index (χ4n) is 4.08. The number of aromatic amines is 1. The summed E-state index contributed by atoms with van der Waals surface area (Å²) in [5, 5.41) is 2.84. The molecular weight excluding hydrogens is 453 g/mol. The third kappa shape index (κ3) is 5.13. The molecular formula is C26H26FN3O5. The van der Waals surface area contributed by atoms with Crippen molar-refractivity contribution in [1.29, 1.82) is 0 Å². The number of nitrogens with one attached hydrogen (secondary N) is 2. The van der Waals surface area contributed by atoms with Gasteiger partial charge in [-0.05, 0) is 41.0 Å². The van der Waals surface area contributed by atoms with Crippen LogP contribution in [0.5, 0.6) is 17.2 Å². The van der Waals surface area contributed by atoms with Crippen LogP contribution >= 0.6 is 0 Å². The standard InChI is InChI=1S/C26H26FN3O5/c1-33-21-9-17(10-22(34-2)25(21)35-3)15-30-24-18(11-19(27)13-20(24)29-26(30)32)12-23(31)28-14-16-7-5-4-6-8-16/h4-11,13H,12,14-15H2,1-3H3,(H,28,31)(H,29,32). The highest BCUT2D eigenvalue weighted by Crippen LogP contribution is 2.38. The average Bonchev–Trinajstić information content (AvgIpc) is 3.17. The Bertz CT molecular complexity index is 1390. The lowest BCUT2D eigenvalue weighted by atomic mass is 10.1. The van der Waals surface area contributed by atoms with E-state index in [2.05, 4.69) is 10.3 Å². The molecule has 1 aromatic heterocycles. The Morgan fingerprint density at radius 2 is 1.66 bits per heavy atom. The van der Waals surface area contributed by atoms with Crippen LogP contribution in [0.4, 0.5) is 4.39 Å². The molecule has 182 valence electrons. The van der Waals surface area contributed by atoms with Gasteiger partial charge in [-0.15, -0.1) is 0 Å². The van der Waals surface area contributed by atoms with Crippen molar-refractivity contribution in [2.24, 2.45) is 0 Å². The van der Waals surface area contributed by atoms with Crippen LogP contribution in [0.1, 0.15) is 16.7 Å². The summed E-state index contributed by atoms with van der Waals surface area (Å²) in [5.74, 6) is 0.503. The van der Waals surface area contributed by atoms with Gasteiger partial charge >= 0.3 is 5.69 Å². The van der Waals surface area contributed by atoms with Gasteiger partial charge in [-0.1, -0.05) is 30.3 Å². The fourth-order valence-corrected chi connectivity index (χ4v) is 4.08. The van der Waals surface area contributed by atoms with E-state index < -0.39 is 11.5 Å². The molecule has 0 bridgehead atoms. The number of aromatic nitrogens is 2. The first-order chi connectivity index (χ1) is 16.9. The number of hydrogen-bond acceptors (Lipinski definition) is 5. The molecule has 0 fully saturated rings. The van der Waals surface area contributed by atoms with Gasteiger partial charge in [0.15, 0.2) is 11.5 Å². The molecule has 0 aliphatic rings. The van der Waals surface area contributed by atoms with E-state index >= 15 is 0 Å². The van der Waals surface area contributed by atoms with E-state index in [0.29, 0.717) is 46.0 Å². The molecule has 0 atom stereocenters. The number of hydrogen-bond donors (Lipinski definition) is 2. The second kappa shape index (κ2) is 10.3. The summed E-state index contributed by atoms with van der Waals surface area (Å²) in [4.78, 5) is 28.2. The highest BCUT2D eigenvalue weighted by molar-refractivity contribution is 5.86. The van der Waals surface area contributed by atoms with E-state index in [-0.39, 0.29) is 18.9 Å². The summed E-state index contributed by atoms with van der Waals surface area (Å²) in [6.07, 6.45) is -0.0896. The predicted molar refractivity (Wildman–Crippen MR) is 130 cm³/mol. The second-order valence-electron chi connectivity index (χ2n) is 7.95. The first-order valence-electron chi connectivity index (χ1n) is 10.9. The van der Waals surface area contributed by atoms with Crippen molar-refractivity contribution in [2.45, 2.75) is 19.5 Å². The molecule has 0 saturated heterocycles. The highest BCUT2D eigenvalue weighted by atomic mass is 19.1. The number of carbonyl (C=O) groups excluding carboxylic acids is 1. The maximum atomic E-state index is 14.3. The first kappa shape index (κ1) is 23.9. The van der Waals surface area contributed by atoms with E-state index in [9.17, 15) is 14.0 Å². The Hall–Kier alpha value is -4.27. The Balaban J connectivity index is 1.68. The molecule has 4 aromatic rings. The number of nitrogens with zero attached hydrogens (tertiary/aromatic N) is 1. The van der Waals surface area contributed by atoms with E-state index in [0.717, 1.165) is 5.56 Å². The smallest absolute Gasteiger partial charge is 0.326 e. The third-order valence-corrected chi connectivity index (χ3v) is 5.66. The van der Waals surface area contributed by atoms with Gasteiger partial charge in [-0.3, -0.25) is 9.36 Å². The Labute approximate surface area is 201 Å². The largest absolute Gasteiger partial charge is 0.493 e. The number of fused-ring (bicyclic) bond motifs is 1. The van der Waals surface area contributed by atoms with Crippen LogP contribution in [-0.2, 0) is 24.3 Å². The number of rotatable bonds is 9. The summed E-state index contributed by atoms with van der Waals surface area (Å²) in [6, 6.07) is 15.5. The molecule has 2 N–H and O–H groups in total. The number of ether oxygens (including phenoxy) is 3. The number of H-pyrrole nitrogens is 1. The van der Waals surface area contributed by atoms with Crippen LogP contribution in [0.25, 0.3) is 11.0 Å². The number of benzene rings is 3. The summed E-state index contributed by atoms with van der Waals surface area (Å²) in [7, 11) is 4.52. The van der Waals surface area contributed by atoms with Gasteiger partial charge in [0, 0.05) is 6.54 Å². The normalized spacial score (nSPS) is 10.9. The summed E-state index contributed by atoms with van der Waals surface area (Å²) < 4.78 is 32.0. The van der Waals surface area contributed by atoms with Crippen molar-refractivity contribution in [3.05, 3.63) is 87.6 Å². The van der Waals surface area contributed by atoms with E-state index in [1.165, 1.54) is 38.0 Å². The monoisotopic (exact) mass is 479 g/mol. The van der Waals surface area contributed by atoms with Crippen molar-refractivity contribution in [3.63, 3.8) is 0 Å². The minimum absolute atomic E-state index is 0.0896. The zero-order valence-electron chi connectivity index (χ0n) is 19.7. The molecule has 8 nitrogen and oxygen atoms in total. The topological polar surface area (TPSA) is 94.6 Å². The van der Waals surface area contributed by atoms with Crippen molar-refractivity contribution in [2.75, 3.05) is 21.3 Å². The van der Waals surface area contributed by atoms with Crippen LogP contribution < -0.4 is 25.2 Å². The summed E-state index contributed by atoms with van der Waals surface area (Å²) in [5.41, 5.74) is 2.40. The van der Waals surface area contributed by atoms with Gasteiger partial charge in [-0.2, -0.15) is 0 Å². The molecule has 3 aromatic carbocycles. The van der Waals surface area contributed by atoms with E-state index in [1.807, 2.05) is 30.3 Å². The Morgan fingerprint density at radius 1 is 0.971 bits per heavy atom. The van der Waals surface area contributed by atoms with Gasteiger partial charge in [0.05, 0.1) is 45.3 Å². The van der Waals surface area contributed by atoms with Gasteiger partial charge in [0.2, 0.25) is 11.7 Å². The van der Waals surface area contributed by atoms with Crippen LogP contribution in [0, 0.1) is 5.82 Å². The SMILES string of the molecule is COc1cc(Cn2c(=O)[nH]c3cc(F)cc(CC(=O)NCc4ccccc4)c32)cc(OC)c1OC. The highest BCUT2D eigenvalue weighted by Gasteiger charge is 2.18. The number of methoxy groups -OCH3 is 3. The minimum Gasteiger partial charge on any atom is -0.493 e. The molecule has 4 rings (SSSR count). The third-order valence-electron chi connectivity index (χ3n) is 5.66. The number of imidazole rings is 1. The zero-order valence-corrected chi connectivity index (χ0v) is 19.7. The maximum absolute atomic E-state index is 14.3. The lowest BCUT2D eigenvalue weighted by molar-refractivity contribution is -0.120. The van der Waals surface area contributed by atoms with Crippen molar-refractivity contribution < 1.29 is 23.4 Å². The minimum atomic E-state index is -0.537. The second-order valence-corrected chi connectivity index (χ2v) is 7.95. The van der Waals surface area contributed by atoms with Crippen molar-refractivity contribution in [3.8, 4) is 17.2 Å². The van der Waals surface area contributed by atoms with Crippen LogP contribution in [0.3, 0.4) is 0 Å². The molecule has 0 radical (unpaired) electrons. The molecule has 0 unspecified atom stereocenters. The quantitative estimate of drug-likeness (QED) is 0.384. The van der Waals surface area contributed by atoms with Crippen molar-refractivity contribution >= 4 is 16.9 Å². The molecule has 0 saturated carbocycles. The number of halogens is 1. The zero-order chi connectivity index (χ0) is 24.9. The molecule has 1 amide bonds. The lowest BCUT2D eigenvalue weighted by Crippen LogP contribution is -2.25. The molecule has 1 heterocycles. The van der Waals surface area contributed by atoms with Gasteiger partial charge in [0.1, 0.15) is 5.82 Å². The first-order valence-corrected chi connectivity index (χ1v) is 10.9. The number of amides is 1. The summed E-state index contributed by atoms with van der Waals surface area (Å²) in [6.45, 7) is 0.489. The molecule has 0 spiro atoms. The lowest BCUT2D eigenvalue weighted by Gasteiger charge is -2.15. The molecule has 0 aliphatic heterocycles. The van der Waals surface area contributed by atoms with Crippen LogP contribution in [0.15, 0.2) is 59.4 Å². The molecule has 35 heavy (non-hydrogen) atoms. The number of carbonyl (C=O) groups is 1. The van der Waals surface area contributed by atoms with Crippen LogP contribution in [0.2, 0.25) is 0 Å². The average molecular weight is 480 g/mol. The Kier molecular flexibility index (Phi) is 7.05. The van der Waals surface area contributed by atoms with Gasteiger partial charge < -0.3 is 24.5 Å². The van der Waals surface area contributed by atoms with Gasteiger partial charge in [-0.25, -0.2) is 9.18 Å². The predicted octanol–water partition coefficient (Wildman–Crippen LogP) is 3.40. The fraction of sp³-hybridized carbons (Fsp3) is 0.231. The van der Waals surface area contributed by atoms with Crippen LogP contribution in [-0.4, -0.2) is 36.8 Å². The maximum Gasteiger partial charge on any atom is 0.326 e. The molecule has 0 aliphatic carbocycles. The molecule has 9 heteroatoms. The van der Waals surface area contributed by atoms with Crippen molar-refractivity contribution in [1.82, 2.24) is 14.9 Å². The van der Waals surface area contributed by atoms with E-state index in [4.69, 9.17) is 14.2 Å². The van der Waals surface area contributed by atoms with Gasteiger partial charge in [0.25, 0.3) is 0 Å².